The van der Waals surface area contributed by atoms with Crippen LogP contribution in [0.1, 0.15) is 30.7 Å². The van der Waals surface area contributed by atoms with Crippen LogP contribution in [-0.2, 0) is 14.3 Å². The van der Waals surface area contributed by atoms with Gasteiger partial charge < -0.3 is 18.9 Å². The fourth-order valence-corrected chi connectivity index (χ4v) is 2.81. The average Bonchev–Trinajstić information content (AvgIpc) is 2.64. The molecular weight excluding hydrogens is 414 g/mol. The molecule has 1 heterocycles. The Morgan fingerprint density at radius 2 is 2.07 bits per heavy atom. The van der Waals surface area contributed by atoms with E-state index in [-0.39, 0.29) is 12.7 Å². The predicted octanol–water partition coefficient (Wildman–Crippen LogP) is 4.25. The normalized spacial score (nSPS) is 11.7. The molecule has 0 N–H and O–H groups in total. The van der Waals surface area contributed by atoms with Crippen molar-refractivity contribution in [1.82, 2.24) is 4.98 Å². The lowest BCUT2D eigenvalue weighted by molar-refractivity contribution is -0.145. The highest BCUT2D eigenvalue weighted by atomic mass is 79.9. The van der Waals surface area contributed by atoms with Crippen molar-refractivity contribution in [2.24, 2.45) is 0 Å². The van der Waals surface area contributed by atoms with Gasteiger partial charge >= 0.3 is 5.97 Å². The quantitative estimate of drug-likeness (QED) is 0.408. The SMILES string of the molecule is CCOC(=O)COc1ccc(O[C@H](CCOC)c2cccc(Br)n2)cc1C. The molecule has 0 fully saturated rings. The molecule has 0 radical (unpaired) electrons. The second-order valence-electron chi connectivity index (χ2n) is 5.79. The van der Waals surface area contributed by atoms with Crippen molar-refractivity contribution >= 4 is 21.9 Å². The molecule has 0 aliphatic rings. The first-order chi connectivity index (χ1) is 13.0. The van der Waals surface area contributed by atoms with E-state index in [0.717, 1.165) is 15.9 Å². The standard InChI is InChI=1S/C20H24BrNO5/c1-4-25-20(23)13-26-17-9-8-15(12-14(17)2)27-18(10-11-24-3)16-6-5-7-19(21)22-16/h5-9,12,18H,4,10-11,13H2,1-3H3/t18-/m1/s1. The van der Waals surface area contributed by atoms with Crippen LogP contribution in [0.4, 0.5) is 0 Å². The monoisotopic (exact) mass is 437 g/mol. The van der Waals surface area contributed by atoms with E-state index in [2.05, 4.69) is 20.9 Å². The molecule has 1 aromatic heterocycles. The van der Waals surface area contributed by atoms with Crippen molar-refractivity contribution in [2.75, 3.05) is 26.9 Å². The molecule has 7 heteroatoms. The maximum Gasteiger partial charge on any atom is 0.344 e. The summed E-state index contributed by atoms with van der Waals surface area (Å²) in [7, 11) is 1.66. The first kappa shape index (κ1) is 21.2. The Hall–Kier alpha value is -2.12. The summed E-state index contributed by atoms with van der Waals surface area (Å²) in [6.45, 7) is 4.43. The number of ether oxygens (including phenoxy) is 4. The summed E-state index contributed by atoms with van der Waals surface area (Å²) in [5.74, 6) is 0.917. The smallest absolute Gasteiger partial charge is 0.344 e. The summed E-state index contributed by atoms with van der Waals surface area (Å²) in [4.78, 5) is 15.9. The van der Waals surface area contributed by atoms with E-state index < -0.39 is 5.97 Å². The fraction of sp³-hybridized carbons (Fsp3) is 0.400. The van der Waals surface area contributed by atoms with Gasteiger partial charge in [0.15, 0.2) is 6.61 Å². The lowest BCUT2D eigenvalue weighted by Crippen LogP contribution is -2.15. The van der Waals surface area contributed by atoms with Crippen LogP contribution in [0.2, 0.25) is 0 Å². The van der Waals surface area contributed by atoms with Gasteiger partial charge in [0.05, 0.1) is 18.9 Å². The minimum absolute atomic E-state index is 0.118. The van der Waals surface area contributed by atoms with Crippen LogP contribution in [0.3, 0.4) is 0 Å². The molecule has 2 rings (SSSR count). The highest BCUT2D eigenvalue weighted by Crippen LogP contribution is 2.29. The molecular formula is C20H24BrNO5. The zero-order valence-electron chi connectivity index (χ0n) is 15.7. The molecule has 0 saturated heterocycles. The molecule has 0 saturated carbocycles. The van der Waals surface area contributed by atoms with E-state index in [0.29, 0.717) is 31.1 Å². The van der Waals surface area contributed by atoms with E-state index in [9.17, 15) is 4.79 Å². The van der Waals surface area contributed by atoms with Crippen molar-refractivity contribution < 1.29 is 23.7 Å². The van der Waals surface area contributed by atoms with Gasteiger partial charge in [-0.25, -0.2) is 9.78 Å². The van der Waals surface area contributed by atoms with Crippen molar-refractivity contribution in [3.05, 3.63) is 52.3 Å². The molecule has 1 aromatic carbocycles. The summed E-state index contributed by atoms with van der Waals surface area (Å²) in [6.07, 6.45) is 0.424. The number of aryl methyl sites for hydroxylation is 1. The van der Waals surface area contributed by atoms with Gasteiger partial charge in [-0.05, 0) is 65.7 Å². The summed E-state index contributed by atoms with van der Waals surface area (Å²) in [5, 5.41) is 0. The number of methoxy groups -OCH3 is 1. The van der Waals surface area contributed by atoms with Crippen molar-refractivity contribution in [2.45, 2.75) is 26.4 Å². The molecule has 0 aliphatic carbocycles. The Morgan fingerprint density at radius 3 is 2.74 bits per heavy atom. The zero-order valence-corrected chi connectivity index (χ0v) is 17.3. The Labute approximate surface area is 167 Å². The molecule has 0 spiro atoms. The van der Waals surface area contributed by atoms with E-state index in [1.165, 1.54) is 0 Å². The molecule has 0 amide bonds. The Balaban J connectivity index is 2.08. The number of pyridine rings is 1. The van der Waals surface area contributed by atoms with E-state index in [4.69, 9.17) is 18.9 Å². The zero-order chi connectivity index (χ0) is 19.6. The summed E-state index contributed by atoms with van der Waals surface area (Å²) in [5.41, 5.74) is 1.69. The minimum atomic E-state index is -0.391. The maximum absolute atomic E-state index is 11.4. The highest BCUT2D eigenvalue weighted by Gasteiger charge is 2.16. The third-order valence-corrected chi connectivity index (χ3v) is 4.17. The van der Waals surface area contributed by atoms with Gasteiger partial charge in [0.2, 0.25) is 0 Å². The molecule has 1 atom stereocenters. The first-order valence-electron chi connectivity index (χ1n) is 8.70. The van der Waals surface area contributed by atoms with Crippen LogP contribution < -0.4 is 9.47 Å². The number of esters is 1. The maximum atomic E-state index is 11.4. The van der Waals surface area contributed by atoms with Crippen LogP contribution >= 0.6 is 15.9 Å². The number of aromatic nitrogens is 1. The first-order valence-corrected chi connectivity index (χ1v) is 9.50. The number of carbonyl (C=O) groups is 1. The van der Waals surface area contributed by atoms with E-state index in [1.54, 1.807) is 20.1 Å². The average molecular weight is 438 g/mol. The van der Waals surface area contributed by atoms with Gasteiger partial charge in [0, 0.05) is 13.5 Å². The van der Waals surface area contributed by atoms with Crippen molar-refractivity contribution in [3.8, 4) is 11.5 Å². The number of halogens is 1. The topological polar surface area (TPSA) is 66.9 Å². The van der Waals surface area contributed by atoms with Gasteiger partial charge in [0.25, 0.3) is 0 Å². The predicted molar refractivity (Wildman–Crippen MR) is 105 cm³/mol. The number of carbonyl (C=O) groups excluding carboxylic acids is 1. The molecule has 27 heavy (non-hydrogen) atoms. The molecule has 0 bridgehead atoms. The van der Waals surface area contributed by atoms with Gasteiger partial charge in [-0.15, -0.1) is 0 Å². The van der Waals surface area contributed by atoms with Crippen LogP contribution in [0.15, 0.2) is 41.0 Å². The van der Waals surface area contributed by atoms with Crippen LogP contribution in [0, 0.1) is 6.92 Å². The van der Waals surface area contributed by atoms with Crippen LogP contribution in [-0.4, -0.2) is 37.9 Å². The number of nitrogens with zero attached hydrogens (tertiary/aromatic N) is 1. The van der Waals surface area contributed by atoms with Gasteiger partial charge in [-0.3, -0.25) is 0 Å². The third kappa shape index (κ3) is 6.84. The van der Waals surface area contributed by atoms with Crippen LogP contribution in [0.25, 0.3) is 0 Å². The number of hydrogen-bond donors (Lipinski definition) is 0. The molecule has 2 aromatic rings. The second-order valence-corrected chi connectivity index (χ2v) is 6.61. The summed E-state index contributed by atoms with van der Waals surface area (Å²) >= 11 is 3.39. The number of rotatable bonds is 10. The van der Waals surface area contributed by atoms with E-state index in [1.807, 2.05) is 37.3 Å². The lowest BCUT2D eigenvalue weighted by atomic mass is 10.1. The second kappa shape index (κ2) is 10.9. The summed E-state index contributed by atoms with van der Waals surface area (Å²) in [6, 6.07) is 11.2. The third-order valence-electron chi connectivity index (χ3n) is 3.73. The Bertz CT molecular complexity index is 753. The molecule has 0 aliphatic heterocycles. The van der Waals surface area contributed by atoms with Gasteiger partial charge in [-0.2, -0.15) is 0 Å². The fourth-order valence-electron chi connectivity index (χ4n) is 2.46. The van der Waals surface area contributed by atoms with Crippen molar-refractivity contribution in [3.63, 3.8) is 0 Å². The number of hydrogen-bond acceptors (Lipinski definition) is 6. The lowest BCUT2D eigenvalue weighted by Gasteiger charge is -2.19. The van der Waals surface area contributed by atoms with E-state index >= 15 is 0 Å². The van der Waals surface area contributed by atoms with Gasteiger partial charge in [0.1, 0.15) is 22.2 Å². The van der Waals surface area contributed by atoms with Crippen molar-refractivity contribution in [1.29, 1.82) is 0 Å². The summed E-state index contributed by atoms with van der Waals surface area (Å²) < 4.78 is 22.5. The minimum Gasteiger partial charge on any atom is -0.484 e. The molecule has 6 nitrogen and oxygen atoms in total. The highest BCUT2D eigenvalue weighted by molar-refractivity contribution is 9.10. The Morgan fingerprint density at radius 1 is 1.26 bits per heavy atom. The number of benzene rings is 1. The molecule has 146 valence electrons. The van der Waals surface area contributed by atoms with Crippen LogP contribution in [0.5, 0.6) is 11.5 Å². The largest absolute Gasteiger partial charge is 0.484 e. The Kier molecular flexibility index (Phi) is 8.54. The molecule has 0 unspecified atom stereocenters. The van der Waals surface area contributed by atoms with Gasteiger partial charge in [-0.1, -0.05) is 6.07 Å².